The number of carbonyl (C=O) groups is 10. The van der Waals surface area contributed by atoms with E-state index in [9.17, 15) is 48.3 Å². The number of benzene rings is 2. The Bertz CT molecular complexity index is 2940. The number of para-hydroxylation sites is 4. The summed E-state index contributed by atoms with van der Waals surface area (Å²) >= 11 is 2.05. The first kappa shape index (κ1) is 60.1. The smallest absolute Gasteiger partial charge is 0.329 e. The molecule has 1 saturated heterocycles. The summed E-state index contributed by atoms with van der Waals surface area (Å²) in [6.45, 7) is 11.9. The summed E-state index contributed by atoms with van der Waals surface area (Å²) in [6, 6.07) is 3.34. The Morgan fingerprint density at radius 1 is 0.844 bits per heavy atom. The molecule has 24 nitrogen and oxygen atoms in total. The van der Waals surface area contributed by atoms with Gasteiger partial charge in [0, 0.05) is 33.9 Å². The molecule has 8 atom stereocenters. The molecule has 8 amide bonds. The van der Waals surface area contributed by atoms with Crippen molar-refractivity contribution in [1.82, 2.24) is 60.8 Å². The molecule has 2 aromatic carbocycles. The molecule has 0 bridgehead atoms. The summed E-state index contributed by atoms with van der Waals surface area (Å²) in [5.41, 5.74) is 1.05. The highest BCUT2D eigenvalue weighted by molar-refractivity contribution is 8.16. The van der Waals surface area contributed by atoms with Crippen molar-refractivity contribution in [2.24, 2.45) is 11.8 Å². The fourth-order valence-electron chi connectivity index (χ4n) is 8.46. The Morgan fingerprint density at radius 2 is 1.39 bits per heavy atom. The fourth-order valence-corrected chi connectivity index (χ4v) is 11.0. The molecule has 5 rings (SSSR count). The minimum atomic E-state index is -1.69. The van der Waals surface area contributed by atoms with E-state index in [0.717, 1.165) is 43.1 Å². The number of amides is 8. The van der Waals surface area contributed by atoms with E-state index in [1.807, 2.05) is 0 Å². The molecule has 412 valence electrons. The van der Waals surface area contributed by atoms with Crippen molar-refractivity contribution in [3.05, 3.63) is 84.6 Å². The summed E-state index contributed by atoms with van der Waals surface area (Å²) in [6.07, 6.45) is 4.03. The zero-order chi connectivity index (χ0) is 57.2. The molecular weight excluding hydrogens is 1040 g/mol. The highest BCUT2D eigenvalue weighted by Gasteiger charge is 2.44. The lowest BCUT2D eigenvalue weighted by Crippen LogP contribution is -2.60. The van der Waals surface area contributed by atoms with Crippen LogP contribution in [0.2, 0.25) is 0 Å². The van der Waals surface area contributed by atoms with Gasteiger partial charge in [0.05, 0.1) is 44.7 Å². The van der Waals surface area contributed by atoms with Crippen LogP contribution < -0.4 is 21.3 Å². The number of rotatable bonds is 14. The van der Waals surface area contributed by atoms with Crippen molar-refractivity contribution in [1.29, 1.82) is 0 Å². The van der Waals surface area contributed by atoms with Crippen molar-refractivity contribution in [2.75, 3.05) is 46.8 Å². The van der Waals surface area contributed by atoms with Gasteiger partial charge in [0.1, 0.15) is 60.3 Å². The molecule has 0 radical (unpaired) electrons. The summed E-state index contributed by atoms with van der Waals surface area (Å²) in [4.78, 5) is 161. The van der Waals surface area contributed by atoms with Crippen molar-refractivity contribution < 1.29 is 57.8 Å². The third-order valence-electron chi connectivity index (χ3n) is 12.7. The highest BCUT2D eigenvalue weighted by atomic mass is 32.2. The molecule has 3 heterocycles. The van der Waals surface area contributed by atoms with E-state index >= 15 is 4.79 Å². The maximum Gasteiger partial charge on any atom is 0.329 e. The van der Waals surface area contributed by atoms with Crippen LogP contribution in [0, 0.1) is 11.8 Å². The van der Waals surface area contributed by atoms with E-state index < -0.39 is 130 Å². The number of thioether (sulfide) groups is 2. The molecule has 1 aliphatic rings. The molecule has 0 unspecified atom stereocenters. The van der Waals surface area contributed by atoms with Crippen molar-refractivity contribution in [3.63, 3.8) is 0 Å². The predicted octanol–water partition coefficient (Wildman–Crippen LogP) is 1.31. The van der Waals surface area contributed by atoms with Crippen molar-refractivity contribution in [2.45, 2.75) is 88.4 Å². The van der Waals surface area contributed by atoms with Gasteiger partial charge in [-0.25, -0.2) is 19.6 Å². The number of aromatic nitrogens is 4. The first-order valence-corrected chi connectivity index (χ1v) is 26.6. The molecule has 1 fully saturated rings. The van der Waals surface area contributed by atoms with Crippen LogP contribution >= 0.6 is 23.5 Å². The molecule has 5 N–H and O–H groups in total. The van der Waals surface area contributed by atoms with Crippen LogP contribution in [0.4, 0.5) is 0 Å². The molecule has 77 heavy (non-hydrogen) atoms. The van der Waals surface area contributed by atoms with Crippen LogP contribution in [0.3, 0.4) is 0 Å². The number of fused-ring (bicyclic) bond motifs is 2. The molecule has 0 saturated carbocycles. The number of carboxylic acid groups (broad SMARTS) is 1. The van der Waals surface area contributed by atoms with Crippen LogP contribution in [0.25, 0.3) is 22.1 Å². The lowest BCUT2D eigenvalue weighted by Gasteiger charge is -2.39. The van der Waals surface area contributed by atoms with Gasteiger partial charge in [-0.3, -0.25) is 48.3 Å². The maximum atomic E-state index is 15.0. The minimum Gasteiger partial charge on any atom is -0.480 e. The molecule has 4 aromatic rings. The second kappa shape index (κ2) is 26.3. The largest absolute Gasteiger partial charge is 0.480 e. The number of ether oxygens (including phenoxy) is 1. The highest BCUT2D eigenvalue weighted by Crippen LogP contribution is 2.32. The van der Waals surface area contributed by atoms with Gasteiger partial charge in [0.25, 0.3) is 17.7 Å². The number of carbonyl (C=O) groups excluding carboxylic acids is 9. The second-order valence-corrected chi connectivity index (χ2v) is 21.4. The number of aliphatic carboxylic acids is 1. The fraction of sp³-hybridized carbons (Fsp3) is 0.451. The van der Waals surface area contributed by atoms with E-state index in [-0.39, 0.29) is 17.1 Å². The number of likely N-dealkylation sites (N-methyl/N-ethyl adjacent to an activating group) is 4. The van der Waals surface area contributed by atoms with E-state index in [0.29, 0.717) is 22.1 Å². The molecular formula is C51H64N12O12S2. The lowest BCUT2D eigenvalue weighted by molar-refractivity contribution is -0.159. The van der Waals surface area contributed by atoms with Gasteiger partial charge in [-0.1, -0.05) is 58.5 Å². The summed E-state index contributed by atoms with van der Waals surface area (Å²) in [5.74, 6) is -10.9. The Labute approximate surface area is 453 Å². The number of esters is 1. The van der Waals surface area contributed by atoms with Gasteiger partial charge in [0.15, 0.2) is 0 Å². The molecule has 2 aromatic heterocycles. The molecule has 26 heteroatoms. The number of nitrogens with zero attached hydrogens (tertiary/aromatic N) is 8. The number of nitrogens with one attached hydrogen (secondary N) is 4. The topological polar surface area (TPSA) is 313 Å². The number of cyclic esters (lactones) is 1. The Hall–Kier alpha value is -7.74. The van der Waals surface area contributed by atoms with Gasteiger partial charge >= 0.3 is 11.9 Å². The summed E-state index contributed by atoms with van der Waals surface area (Å²) < 4.78 is 4.69. The summed E-state index contributed by atoms with van der Waals surface area (Å²) in [7, 11) is 5.17. The average molecular weight is 1100 g/mol. The third-order valence-corrected chi connectivity index (χ3v) is 15.5. The van der Waals surface area contributed by atoms with Crippen LogP contribution in [0.5, 0.6) is 0 Å². The zero-order valence-corrected chi connectivity index (χ0v) is 46.1. The van der Waals surface area contributed by atoms with E-state index in [4.69, 9.17) is 4.74 Å². The number of hydrogen-bond acceptors (Lipinski definition) is 17. The van der Waals surface area contributed by atoms with Gasteiger partial charge in [-0.15, -0.1) is 23.5 Å². The minimum absolute atomic E-state index is 0.115. The van der Waals surface area contributed by atoms with Crippen molar-refractivity contribution >= 4 is 105 Å². The summed E-state index contributed by atoms with van der Waals surface area (Å²) in [5, 5.41) is 20.1. The molecule has 0 aliphatic carbocycles. The van der Waals surface area contributed by atoms with Gasteiger partial charge < -0.3 is 50.7 Å². The SMILES string of the molecule is C=C(NC(=O)c1cnc2ccccc2n1)C(=O)N[C@@H](C)C(=O)N(C)[C@H]1CS[C@@H](SC)[C@@H](C(=O)N(C)[C@H](C(=O)O)C(C)C)N(C)C(=O)[C@H](C)NC(=O)[C@H](NC(=O)c2cnc3ccccc3n2)COC(=O)[C@H](C(C)C)N(C)C1=O. The van der Waals surface area contributed by atoms with Crippen LogP contribution in [0.1, 0.15) is 62.5 Å². The van der Waals surface area contributed by atoms with Crippen LogP contribution in [-0.4, -0.2) is 198 Å². The van der Waals surface area contributed by atoms with Gasteiger partial charge in [-0.2, -0.15) is 0 Å². The number of hydrogen-bond donors (Lipinski definition) is 5. The van der Waals surface area contributed by atoms with Gasteiger partial charge in [-0.05, 0) is 56.2 Å². The Morgan fingerprint density at radius 3 is 1.91 bits per heavy atom. The maximum absolute atomic E-state index is 15.0. The normalized spacial score (nSPS) is 20.8. The molecule has 0 spiro atoms. The van der Waals surface area contributed by atoms with Crippen LogP contribution in [0.15, 0.2) is 73.2 Å². The van der Waals surface area contributed by atoms with Crippen LogP contribution in [-0.2, 0) is 43.1 Å². The van der Waals surface area contributed by atoms with E-state index in [1.165, 1.54) is 54.4 Å². The predicted molar refractivity (Wildman–Crippen MR) is 286 cm³/mol. The Balaban J connectivity index is 1.51. The lowest BCUT2D eigenvalue weighted by atomic mass is 10.0. The van der Waals surface area contributed by atoms with E-state index in [2.05, 4.69) is 47.8 Å². The van der Waals surface area contributed by atoms with Gasteiger partial charge in [0.2, 0.25) is 29.5 Å². The van der Waals surface area contributed by atoms with E-state index in [1.54, 1.807) is 82.5 Å². The first-order valence-electron chi connectivity index (χ1n) is 24.3. The zero-order valence-electron chi connectivity index (χ0n) is 44.5. The first-order chi connectivity index (χ1) is 36.3. The monoisotopic (exact) mass is 1100 g/mol. The second-order valence-electron chi connectivity index (χ2n) is 18.9. The quantitative estimate of drug-likeness (QED) is 0.0878. The number of carboxylic acids is 1. The average Bonchev–Trinajstić information content (AvgIpc) is 3.39. The van der Waals surface area contributed by atoms with Crippen molar-refractivity contribution in [3.8, 4) is 0 Å². The third kappa shape index (κ3) is 14.4. The Kier molecular flexibility index (Phi) is 20.6. The standard InChI is InChI=1S/C51H64N12O12S2/c1-25(2)38(49(72)73)61(9)48(71)40-51(76-12)77-24-37(60(8)45(68)28(6)55-41(64)27(5)54-42(65)34-21-52-30-17-13-15-19-32(30)57-34)47(70)62(10)39(26(3)4)50(74)75-23-36(44(67)56-29(7)46(69)63(40)11)59-43(66)35-22-53-31-18-14-16-20-33(31)58-35/h13-22,25-26,28-29,36-40,51H,5,23-24H2,1-4,6-12H3,(H,54,65)(H,55,64)(H,56,67)(H,59,66)(H,72,73)/t28-,29-,36+,37-,38-,39-,40+,51+/m0/s1. The molecule has 1 aliphatic heterocycles.